The third kappa shape index (κ3) is 3.38. The van der Waals surface area contributed by atoms with Gasteiger partial charge >= 0.3 is 5.97 Å². The molecule has 1 atom stereocenters. The second-order valence-corrected chi connectivity index (χ2v) is 6.23. The zero-order chi connectivity index (χ0) is 14.8. The lowest BCUT2D eigenvalue weighted by Crippen LogP contribution is -2.58. The number of hydrogen-bond donors (Lipinski definition) is 1. The maximum Gasteiger partial charge on any atom is 0.305 e. The monoisotopic (exact) mass is 276 g/mol. The first-order valence-electron chi connectivity index (χ1n) is 7.12. The molecule has 0 saturated carbocycles. The van der Waals surface area contributed by atoms with Gasteiger partial charge in [0.1, 0.15) is 0 Å². The Morgan fingerprint density at radius 1 is 1.30 bits per heavy atom. The minimum Gasteiger partial charge on any atom is -0.481 e. The van der Waals surface area contributed by atoms with Crippen molar-refractivity contribution in [2.75, 3.05) is 26.7 Å². The van der Waals surface area contributed by atoms with E-state index in [1.165, 1.54) is 0 Å². The number of carboxylic acids is 1. The zero-order valence-corrected chi connectivity index (χ0v) is 12.5. The molecule has 0 radical (unpaired) electrons. The van der Waals surface area contributed by atoms with Gasteiger partial charge in [0.05, 0.1) is 6.42 Å². The molecule has 1 aromatic carbocycles. The fourth-order valence-electron chi connectivity index (χ4n) is 2.84. The number of carboxylic acid groups (broad SMARTS) is 1. The summed E-state index contributed by atoms with van der Waals surface area (Å²) in [5.74, 6) is -0.740. The lowest BCUT2D eigenvalue weighted by atomic mass is 9.94. The highest BCUT2D eigenvalue weighted by atomic mass is 16.4. The highest BCUT2D eigenvalue weighted by molar-refractivity contribution is 5.68. The van der Waals surface area contributed by atoms with E-state index in [4.69, 9.17) is 0 Å². The molecule has 1 saturated heterocycles. The summed E-state index contributed by atoms with van der Waals surface area (Å²) in [5, 5.41) is 9.22. The average molecular weight is 276 g/mol. The number of aliphatic carboxylic acids is 1. The number of benzene rings is 1. The Morgan fingerprint density at radius 3 is 2.50 bits per heavy atom. The molecular weight excluding hydrogens is 252 g/mol. The molecule has 20 heavy (non-hydrogen) atoms. The molecule has 110 valence electrons. The van der Waals surface area contributed by atoms with Crippen LogP contribution in [0.5, 0.6) is 0 Å². The number of carbonyl (C=O) groups is 1. The topological polar surface area (TPSA) is 43.8 Å². The predicted octanol–water partition coefficient (Wildman–Crippen LogP) is 2.23. The van der Waals surface area contributed by atoms with Gasteiger partial charge in [0.25, 0.3) is 0 Å². The molecule has 2 rings (SSSR count). The van der Waals surface area contributed by atoms with Crippen LogP contribution in [0.3, 0.4) is 0 Å². The number of piperazine rings is 1. The molecule has 1 aliphatic heterocycles. The molecule has 1 N–H and O–H groups in total. The summed E-state index contributed by atoms with van der Waals surface area (Å²) in [6, 6.07) is 9.94. The zero-order valence-electron chi connectivity index (χ0n) is 12.5. The molecule has 0 aliphatic carbocycles. The molecule has 0 spiro atoms. The van der Waals surface area contributed by atoms with Crippen LogP contribution >= 0.6 is 0 Å². The van der Waals surface area contributed by atoms with Crippen LogP contribution in [-0.4, -0.2) is 53.1 Å². The Hall–Kier alpha value is -1.39. The molecular formula is C16H24N2O2. The van der Waals surface area contributed by atoms with Gasteiger partial charge in [0.2, 0.25) is 0 Å². The first-order valence-corrected chi connectivity index (χ1v) is 7.12. The van der Waals surface area contributed by atoms with Crippen molar-refractivity contribution in [3.8, 4) is 0 Å². The molecule has 1 fully saturated rings. The summed E-state index contributed by atoms with van der Waals surface area (Å²) in [5.41, 5.74) is 1.17. The first kappa shape index (κ1) is 15.0. The van der Waals surface area contributed by atoms with E-state index < -0.39 is 5.97 Å². The van der Waals surface area contributed by atoms with Crippen molar-refractivity contribution in [1.82, 2.24) is 9.80 Å². The quantitative estimate of drug-likeness (QED) is 0.916. The maximum atomic E-state index is 11.2. The van der Waals surface area contributed by atoms with E-state index in [2.05, 4.69) is 30.7 Å². The Morgan fingerprint density at radius 2 is 1.95 bits per heavy atom. The Bertz CT molecular complexity index is 459. The largest absolute Gasteiger partial charge is 0.481 e. The van der Waals surface area contributed by atoms with Crippen LogP contribution in [0.25, 0.3) is 0 Å². The Labute approximate surface area is 121 Å². The van der Waals surface area contributed by atoms with E-state index in [0.717, 1.165) is 25.2 Å². The molecule has 4 nitrogen and oxygen atoms in total. The summed E-state index contributed by atoms with van der Waals surface area (Å²) in [7, 11) is 2.13. The van der Waals surface area contributed by atoms with Crippen molar-refractivity contribution in [2.24, 2.45) is 0 Å². The summed E-state index contributed by atoms with van der Waals surface area (Å²) in [4.78, 5) is 15.9. The second kappa shape index (κ2) is 5.94. The summed E-state index contributed by atoms with van der Waals surface area (Å²) >= 11 is 0. The van der Waals surface area contributed by atoms with Crippen molar-refractivity contribution in [2.45, 2.75) is 31.8 Å². The molecule has 0 aromatic heterocycles. The third-order valence-corrected chi connectivity index (χ3v) is 4.34. The minimum absolute atomic E-state index is 0.0401. The molecule has 1 heterocycles. The number of nitrogens with zero attached hydrogens (tertiary/aromatic N) is 2. The van der Waals surface area contributed by atoms with Crippen LogP contribution in [0.2, 0.25) is 0 Å². The number of rotatable bonds is 4. The van der Waals surface area contributed by atoms with Crippen molar-refractivity contribution >= 4 is 5.97 Å². The van der Waals surface area contributed by atoms with Gasteiger partial charge in [-0.1, -0.05) is 30.3 Å². The lowest BCUT2D eigenvalue weighted by molar-refractivity contribution is -0.139. The van der Waals surface area contributed by atoms with Gasteiger partial charge in [-0.25, -0.2) is 0 Å². The average Bonchev–Trinajstić information content (AvgIpc) is 2.40. The van der Waals surface area contributed by atoms with E-state index in [1.807, 2.05) is 30.3 Å². The predicted molar refractivity (Wildman–Crippen MR) is 79.7 cm³/mol. The molecule has 0 amide bonds. The maximum absolute atomic E-state index is 11.2. The van der Waals surface area contributed by atoms with Crippen LogP contribution in [0.15, 0.2) is 30.3 Å². The smallest absolute Gasteiger partial charge is 0.305 e. The van der Waals surface area contributed by atoms with Gasteiger partial charge < -0.3 is 5.11 Å². The van der Waals surface area contributed by atoms with Gasteiger partial charge in [0, 0.05) is 31.2 Å². The highest BCUT2D eigenvalue weighted by Crippen LogP contribution is 2.29. The number of hydrogen-bond acceptors (Lipinski definition) is 3. The number of likely N-dealkylation sites (N-methyl/N-ethyl adjacent to an activating group) is 1. The van der Waals surface area contributed by atoms with Crippen LogP contribution in [0.4, 0.5) is 0 Å². The summed E-state index contributed by atoms with van der Waals surface area (Å²) < 4.78 is 0. The lowest BCUT2D eigenvalue weighted by Gasteiger charge is -2.47. The van der Waals surface area contributed by atoms with Crippen molar-refractivity contribution < 1.29 is 9.90 Å². The van der Waals surface area contributed by atoms with Crippen molar-refractivity contribution in [3.63, 3.8) is 0 Å². The van der Waals surface area contributed by atoms with Gasteiger partial charge in [-0.3, -0.25) is 14.6 Å². The summed E-state index contributed by atoms with van der Waals surface area (Å²) in [6.45, 7) is 7.18. The van der Waals surface area contributed by atoms with Crippen LogP contribution < -0.4 is 0 Å². The Kier molecular flexibility index (Phi) is 4.45. The molecule has 0 bridgehead atoms. The molecule has 1 aromatic rings. The van der Waals surface area contributed by atoms with E-state index in [9.17, 15) is 9.90 Å². The van der Waals surface area contributed by atoms with E-state index in [-0.39, 0.29) is 18.0 Å². The second-order valence-electron chi connectivity index (χ2n) is 6.23. The summed E-state index contributed by atoms with van der Waals surface area (Å²) in [6.07, 6.45) is 0.157. The molecule has 4 heteroatoms. The molecule has 1 unspecified atom stereocenters. The SMILES string of the molecule is CN1CCN(C(CC(=O)O)c2ccccc2)CC1(C)C. The minimum atomic E-state index is -0.740. The van der Waals surface area contributed by atoms with Crippen LogP contribution in [0.1, 0.15) is 31.9 Å². The fourth-order valence-corrected chi connectivity index (χ4v) is 2.84. The Balaban J connectivity index is 2.22. The third-order valence-electron chi connectivity index (χ3n) is 4.34. The van der Waals surface area contributed by atoms with Gasteiger partial charge in [-0.2, -0.15) is 0 Å². The van der Waals surface area contributed by atoms with Crippen LogP contribution in [-0.2, 0) is 4.79 Å². The van der Waals surface area contributed by atoms with Crippen LogP contribution in [0, 0.1) is 0 Å². The first-order chi connectivity index (χ1) is 9.40. The van der Waals surface area contributed by atoms with E-state index >= 15 is 0 Å². The standard InChI is InChI=1S/C16H24N2O2/c1-16(2)12-18(10-9-17(16)3)14(11-15(19)20)13-7-5-4-6-8-13/h4-8,14H,9-12H2,1-3H3,(H,19,20). The highest BCUT2D eigenvalue weighted by Gasteiger charge is 2.35. The fraction of sp³-hybridized carbons (Fsp3) is 0.562. The van der Waals surface area contributed by atoms with Gasteiger partial charge in [-0.15, -0.1) is 0 Å². The molecule has 1 aliphatic rings. The van der Waals surface area contributed by atoms with Gasteiger partial charge in [0.15, 0.2) is 0 Å². The van der Waals surface area contributed by atoms with E-state index in [1.54, 1.807) is 0 Å². The normalized spacial score (nSPS) is 21.6. The van der Waals surface area contributed by atoms with Crippen molar-refractivity contribution in [1.29, 1.82) is 0 Å². The van der Waals surface area contributed by atoms with Crippen molar-refractivity contribution in [3.05, 3.63) is 35.9 Å². The van der Waals surface area contributed by atoms with E-state index in [0.29, 0.717) is 0 Å². The van der Waals surface area contributed by atoms with Gasteiger partial charge in [-0.05, 0) is 26.5 Å².